The minimum Gasteiger partial charge on any atom is -0.298 e. The van der Waals surface area contributed by atoms with Crippen LogP contribution in [-0.4, -0.2) is 6.29 Å². The largest absolute Gasteiger partial charge is 0.416 e. The van der Waals surface area contributed by atoms with Crippen LogP contribution in [0.5, 0.6) is 0 Å². The molecule has 0 saturated carbocycles. The van der Waals surface area contributed by atoms with Crippen molar-refractivity contribution in [1.82, 2.24) is 0 Å². The standard InChI is InChI=1S/C15H11F3O/c16-15(17,18)14-7-3-4-11(9-14)8-12-5-1-2-6-13(12)10-19/h1-7,9-10H,8H2. The Labute approximate surface area is 108 Å². The fourth-order valence-electron chi connectivity index (χ4n) is 1.89. The summed E-state index contributed by atoms with van der Waals surface area (Å²) in [5.41, 5.74) is 1.08. The molecule has 0 saturated heterocycles. The van der Waals surface area contributed by atoms with Crippen molar-refractivity contribution in [2.75, 3.05) is 0 Å². The average molecular weight is 264 g/mol. The third-order valence-corrected chi connectivity index (χ3v) is 2.83. The second-order valence-electron chi connectivity index (χ2n) is 4.19. The van der Waals surface area contributed by atoms with Crippen molar-refractivity contribution in [3.8, 4) is 0 Å². The highest BCUT2D eigenvalue weighted by atomic mass is 19.4. The van der Waals surface area contributed by atoms with Crippen molar-refractivity contribution in [2.24, 2.45) is 0 Å². The molecular formula is C15H11F3O. The van der Waals surface area contributed by atoms with Crippen LogP contribution in [0.4, 0.5) is 13.2 Å². The van der Waals surface area contributed by atoms with Crippen LogP contribution in [0.25, 0.3) is 0 Å². The van der Waals surface area contributed by atoms with Gasteiger partial charge in [0.05, 0.1) is 5.56 Å². The van der Waals surface area contributed by atoms with Crippen LogP contribution in [0, 0.1) is 0 Å². The lowest BCUT2D eigenvalue weighted by Crippen LogP contribution is -2.05. The quantitative estimate of drug-likeness (QED) is 0.762. The molecule has 0 aromatic heterocycles. The van der Waals surface area contributed by atoms with Gasteiger partial charge in [0.2, 0.25) is 0 Å². The maximum atomic E-state index is 12.6. The van der Waals surface area contributed by atoms with E-state index in [2.05, 4.69) is 0 Å². The SMILES string of the molecule is O=Cc1ccccc1Cc1cccc(C(F)(F)F)c1. The Morgan fingerprint density at radius 3 is 2.42 bits per heavy atom. The molecule has 0 aliphatic rings. The highest BCUT2D eigenvalue weighted by Crippen LogP contribution is 2.30. The summed E-state index contributed by atoms with van der Waals surface area (Å²) in [6, 6.07) is 12.0. The summed E-state index contributed by atoms with van der Waals surface area (Å²) < 4.78 is 37.8. The number of halogens is 3. The van der Waals surface area contributed by atoms with Crippen LogP contribution in [0.3, 0.4) is 0 Å². The van der Waals surface area contributed by atoms with E-state index in [9.17, 15) is 18.0 Å². The third-order valence-electron chi connectivity index (χ3n) is 2.83. The summed E-state index contributed by atoms with van der Waals surface area (Å²) in [6.45, 7) is 0. The van der Waals surface area contributed by atoms with Gasteiger partial charge in [-0.25, -0.2) is 0 Å². The van der Waals surface area contributed by atoms with E-state index >= 15 is 0 Å². The maximum Gasteiger partial charge on any atom is 0.416 e. The zero-order valence-corrected chi connectivity index (χ0v) is 9.95. The van der Waals surface area contributed by atoms with Crippen molar-refractivity contribution in [3.63, 3.8) is 0 Å². The van der Waals surface area contributed by atoms with Gasteiger partial charge in [0, 0.05) is 5.56 Å². The predicted molar refractivity (Wildman–Crippen MR) is 66.1 cm³/mol. The molecule has 0 fully saturated rings. The summed E-state index contributed by atoms with van der Waals surface area (Å²) in [5, 5.41) is 0. The van der Waals surface area contributed by atoms with Crippen LogP contribution in [-0.2, 0) is 12.6 Å². The second kappa shape index (κ2) is 5.26. The van der Waals surface area contributed by atoms with Crippen LogP contribution in [0.15, 0.2) is 48.5 Å². The first kappa shape index (κ1) is 13.3. The van der Waals surface area contributed by atoms with Crippen LogP contribution >= 0.6 is 0 Å². The molecule has 2 rings (SSSR count). The number of alkyl halides is 3. The zero-order valence-electron chi connectivity index (χ0n) is 9.95. The topological polar surface area (TPSA) is 17.1 Å². The maximum absolute atomic E-state index is 12.6. The normalized spacial score (nSPS) is 11.3. The van der Waals surface area contributed by atoms with E-state index in [-0.39, 0.29) is 0 Å². The molecule has 2 aromatic rings. The number of aldehydes is 1. The number of carbonyl (C=O) groups is 1. The number of carbonyl (C=O) groups excluding carboxylic acids is 1. The lowest BCUT2D eigenvalue weighted by atomic mass is 9.99. The van der Waals surface area contributed by atoms with Crippen LogP contribution < -0.4 is 0 Å². The predicted octanol–water partition coefficient (Wildman–Crippen LogP) is 4.11. The van der Waals surface area contributed by atoms with Crippen LogP contribution in [0.2, 0.25) is 0 Å². The molecule has 0 heterocycles. The van der Waals surface area contributed by atoms with Gasteiger partial charge >= 0.3 is 6.18 Å². The number of benzene rings is 2. The Morgan fingerprint density at radius 2 is 1.74 bits per heavy atom. The average Bonchev–Trinajstić information content (AvgIpc) is 2.39. The molecule has 19 heavy (non-hydrogen) atoms. The molecule has 0 atom stereocenters. The van der Waals surface area contributed by atoms with Crippen molar-refractivity contribution in [2.45, 2.75) is 12.6 Å². The summed E-state index contributed by atoms with van der Waals surface area (Å²) in [5.74, 6) is 0. The molecule has 0 N–H and O–H groups in total. The molecule has 0 spiro atoms. The van der Waals surface area contributed by atoms with E-state index in [1.165, 1.54) is 6.07 Å². The highest BCUT2D eigenvalue weighted by molar-refractivity contribution is 5.77. The Bertz CT molecular complexity index is 588. The molecule has 0 aliphatic carbocycles. The molecule has 0 unspecified atom stereocenters. The smallest absolute Gasteiger partial charge is 0.298 e. The summed E-state index contributed by atoms with van der Waals surface area (Å²) in [4.78, 5) is 10.9. The van der Waals surface area contributed by atoms with Gasteiger partial charge < -0.3 is 0 Å². The molecular weight excluding hydrogens is 253 g/mol. The van der Waals surface area contributed by atoms with Gasteiger partial charge in [-0.05, 0) is 23.6 Å². The van der Waals surface area contributed by atoms with E-state index < -0.39 is 11.7 Å². The van der Waals surface area contributed by atoms with Gasteiger partial charge in [-0.3, -0.25) is 4.79 Å². The van der Waals surface area contributed by atoms with E-state index in [1.807, 2.05) is 0 Å². The fraction of sp³-hybridized carbons (Fsp3) is 0.133. The second-order valence-corrected chi connectivity index (χ2v) is 4.19. The highest BCUT2D eigenvalue weighted by Gasteiger charge is 2.30. The van der Waals surface area contributed by atoms with E-state index in [1.54, 1.807) is 30.3 Å². The summed E-state index contributed by atoms with van der Waals surface area (Å²) in [7, 11) is 0. The molecule has 0 amide bonds. The lowest BCUT2D eigenvalue weighted by molar-refractivity contribution is -0.137. The zero-order chi connectivity index (χ0) is 13.9. The van der Waals surface area contributed by atoms with Gasteiger partial charge in [-0.15, -0.1) is 0 Å². The minimum absolute atomic E-state index is 0.304. The molecule has 1 nitrogen and oxygen atoms in total. The van der Waals surface area contributed by atoms with E-state index in [4.69, 9.17) is 0 Å². The molecule has 0 radical (unpaired) electrons. The van der Waals surface area contributed by atoms with Crippen molar-refractivity contribution >= 4 is 6.29 Å². The fourth-order valence-corrected chi connectivity index (χ4v) is 1.89. The summed E-state index contributed by atoms with van der Waals surface area (Å²) >= 11 is 0. The van der Waals surface area contributed by atoms with Crippen molar-refractivity contribution in [3.05, 3.63) is 70.8 Å². The van der Waals surface area contributed by atoms with Gasteiger partial charge in [0.15, 0.2) is 0 Å². The first-order valence-corrected chi connectivity index (χ1v) is 5.70. The lowest BCUT2D eigenvalue weighted by Gasteiger charge is -2.09. The van der Waals surface area contributed by atoms with E-state index in [0.29, 0.717) is 23.8 Å². The monoisotopic (exact) mass is 264 g/mol. The molecule has 98 valence electrons. The molecule has 4 heteroatoms. The number of hydrogen-bond donors (Lipinski definition) is 0. The molecule has 0 aliphatic heterocycles. The molecule has 2 aromatic carbocycles. The Balaban J connectivity index is 2.31. The van der Waals surface area contributed by atoms with E-state index in [0.717, 1.165) is 17.7 Å². The van der Waals surface area contributed by atoms with Crippen molar-refractivity contribution in [1.29, 1.82) is 0 Å². The molecule has 0 bridgehead atoms. The Kier molecular flexibility index (Phi) is 3.69. The Morgan fingerprint density at radius 1 is 1.00 bits per heavy atom. The third kappa shape index (κ3) is 3.22. The van der Waals surface area contributed by atoms with Gasteiger partial charge in [0.1, 0.15) is 6.29 Å². The van der Waals surface area contributed by atoms with Crippen molar-refractivity contribution < 1.29 is 18.0 Å². The van der Waals surface area contributed by atoms with Gasteiger partial charge in [0.25, 0.3) is 0 Å². The van der Waals surface area contributed by atoms with Crippen LogP contribution in [0.1, 0.15) is 27.0 Å². The Hall–Kier alpha value is -2.10. The number of hydrogen-bond acceptors (Lipinski definition) is 1. The first-order valence-electron chi connectivity index (χ1n) is 5.70. The van der Waals surface area contributed by atoms with Gasteiger partial charge in [-0.2, -0.15) is 13.2 Å². The number of rotatable bonds is 3. The minimum atomic E-state index is -4.35. The van der Waals surface area contributed by atoms with Gasteiger partial charge in [-0.1, -0.05) is 42.5 Å². The first-order chi connectivity index (χ1) is 9.00. The summed E-state index contributed by atoms with van der Waals surface area (Å²) in [6.07, 6.45) is -3.33.